The van der Waals surface area contributed by atoms with Crippen LogP contribution in [0.4, 0.5) is 10.6 Å². The first-order chi connectivity index (χ1) is 17.3. The van der Waals surface area contributed by atoms with Crippen LogP contribution in [0.1, 0.15) is 12.0 Å². The molecule has 0 saturated carbocycles. The van der Waals surface area contributed by atoms with Crippen molar-refractivity contribution in [3.05, 3.63) is 52.6 Å². The van der Waals surface area contributed by atoms with Crippen LogP contribution >= 0.6 is 0 Å². The number of aromatic nitrogens is 2. The number of rotatable bonds is 7. The maximum atomic E-state index is 12.6. The van der Waals surface area contributed by atoms with E-state index < -0.39 is 24.4 Å². The number of nitrogens with two attached hydrogens (primary N) is 2. The fourth-order valence-electron chi connectivity index (χ4n) is 4.48. The van der Waals surface area contributed by atoms with Crippen LogP contribution in [0.2, 0.25) is 0 Å². The highest BCUT2D eigenvalue weighted by atomic mass is 16.3. The van der Waals surface area contributed by atoms with Crippen LogP contribution in [0.25, 0.3) is 5.69 Å². The van der Waals surface area contributed by atoms with Gasteiger partial charge in [-0.25, -0.2) is 9.59 Å². The minimum atomic E-state index is -0.952. The summed E-state index contributed by atoms with van der Waals surface area (Å²) in [7, 11) is 0. The van der Waals surface area contributed by atoms with Crippen molar-refractivity contribution in [3.8, 4) is 5.69 Å². The number of anilines is 1. The van der Waals surface area contributed by atoms with Gasteiger partial charge in [-0.1, -0.05) is 12.1 Å². The molecule has 6 N–H and O–H groups in total. The van der Waals surface area contributed by atoms with Crippen LogP contribution in [0.15, 0.2) is 41.3 Å². The van der Waals surface area contributed by atoms with E-state index in [2.05, 4.69) is 15.2 Å². The second-order valence-corrected chi connectivity index (χ2v) is 9.26. The smallest absolute Gasteiger partial charge is 0.354 e. The number of likely N-dealkylation sites (tertiary alicyclic amines) is 1. The molecule has 0 aliphatic carbocycles. The zero-order chi connectivity index (χ0) is 25.7. The molecule has 0 bridgehead atoms. The largest absolute Gasteiger partial charge is 0.394 e. The Morgan fingerprint density at radius 3 is 2.39 bits per heavy atom. The van der Waals surface area contributed by atoms with Crippen molar-refractivity contribution in [2.24, 2.45) is 11.5 Å². The van der Waals surface area contributed by atoms with Crippen molar-refractivity contribution in [1.29, 1.82) is 0 Å². The third-order valence-electron chi connectivity index (χ3n) is 6.67. The Morgan fingerprint density at radius 2 is 1.78 bits per heavy atom. The summed E-state index contributed by atoms with van der Waals surface area (Å²) in [5, 5.41) is 11.7. The lowest BCUT2D eigenvalue weighted by Gasteiger charge is -2.35. The van der Waals surface area contributed by atoms with Crippen molar-refractivity contribution in [3.63, 3.8) is 0 Å². The lowest BCUT2D eigenvalue weighted by Crippen LogP contribution is -2.55. The molecule has 4 rings (SSSR count). The second kappa shape index (κ2) is 11.6. The number of aliphatic hydroxyl groups excluding tert-OH is 1. The molecule has 0 spiro atoms. The van der Waals surface area contributed by atoms with Gasteiger partial charge in [0.05, 0.1) is 12.3 Å². The van der Waals surface area contributed by atoms with E-state index in [0.29, 0.717) is 31.9 Å². The maximum Gasteiger partial charge on any atom is 0.354 e. The Hall–Kier alpha value is -3.32. The molecule has 2 atom stereocenters. The van der Waals surface area contributed by atoms with Gasteiger partial charge in [0.15, 0.2) is 0 Å². The fourth-order valence-corrected chi connectivity index (χ4v) is 4.48. The summed E-state index contributed by atoms with van der Waals surface area (Å²) in [6, 6.07) is 8.27. The van der Waals surface area contributed by atoms with E-state index in [-0.39, 0.29) is 17.8 Å². The molecule has 2 aliphatic heterocycles. The first-order valence-electron chi connectivity index (χ1n) is 12.2. The lowest BCUT2D eigenvalue weighted by atomic mass is 10.1. The predicted octanol–water partition coefficient (Wildman–Crippen LogP) is -1.20. The summed E-state index contributed by atoms with van der Waals surface area (Å²) in [6.07, 6.45) is 3.55. The molecule has 12 heteroatoms. The lowest BCUT2D eigenvalue weighted by molar-refractivity contribution is -0.134. The third-order valence-corrected chi connectivity index (χ3v) is 6.67. The number of nitrogens with zero attached hydrogens (tertiary/aromatic N) is 5. The molecule has 0 radical (unpaired) electrons. The molecule has 0 unspecified atom stereocenters. The van der Waals surface area contributed by atoms with Crippen LogP contribution < -0.4 is 22.5 Å². The van der Waals surface area contributed by atoms with Crippen LogP contribution in [0, 0.1) is 0 Å². The number of carbonyl (C=O) groups excluding carboxylic acids is 2. The standard InChI is InChI=1S/C24H34N8O4/c25-18-6-9-29(15-18)8-5-17-1-3-19(4-2-17)32-10-7-21(28-24(32)36)27-23(35)31-13-11-30(12-14-31)22(34)20(26)16-33/h1-4,7,10,18,20,33H,5-6,8-9,11-16,25-26H2,(H,27,28,35,36)/t18-,20-/m0/s1. The number of urea groups is 1. The summed E-state index contributed by atoms with van der Waals surface area (Å²) in [4.78, 5) is 46.7. The summed E-state index contributed by atoms with van der Waals surface area (Å²) in [5.41, 5.74) is 12.9. The molecular weight excluding hydrogens is 464 g/mol. The Bertz CT molecular complexity index is 1110. The van der Waals surface area contributed by atoms with Gasteiger partial charge in [-0.15, -0.1) is 0 Å². The van der Waals surface area contributed by atoms with E-state index in [1.54, 1.807) is 12.3 Å². The topological polar surface area (TPSA) is 163 Å². The number of nitrogens with one attached hydrogen (secondary N) is 1. The first kappa shape index (κ1) is 25.8. The SMILES string of the molecule is N[C@H]1CCN(CCc2ccc(-n3ccc(NC(=O)N4CCN(C(=O)[C@@H](N)CO)CC4)nc3=O)cc2)C1. The van der Waals surface area contributed by atoms with Crippen molar-refractivity contribution in [1.82, 2.24) is 24.3 Å². The molecule has 12 nitrogen and oxygen atoms in total. The first-order valence-corrected chi connectivity index (χ1v) is 12.2. The van der Waals surface area contributed by atoms with E-state index >= 15 is 0 Å². The Kier molecular flexibility index (Phi) is 8.31. The molecule has 3 heterocycles. The molecule has 2 fully saturated rings. The number of hydrogen-bond acceptors (Lipinski definition) is 8. The van der Waals surface area contributed by atoms with Gasteiger partial charge in [0, 0.05) is 51.5 Å². The van der Waals surface area contributed by atoms with Crippen molar-refractivity contribution >= 4 is 17.8 Å². The average Bonchev–Trinajstić information content (AvgIpc) is 3.32. The summed E-state index contributed by atoms with van der Waals surface area (Å²) >= 11 is 0. The van der Waals surface area contributed by atoms with E-state index in [9.17, 15) is 14.4 Å². The number of carbonyl (C=O) groups is 2. The predicted molar refractivity (Wildman–Crippen MR) is 135 cm³/mol. The van der Waals surface area contributed by atoms with Crippen LogP contribution in [-0.4, -0.2) is 106 Å². The van der Waals surface area contributed by atoms with Gasteiger partial charge in [-0.2, -0.15) is 4.98 Å². The molecule has 2 aliphatic rings. The molecule has 1 aromatic carbocycles. The highest BCUT2D eigenvalue weighted by Crippen LogP contribution is 2.13. The van der Waals surface area contributed by atoms with Crippen LogP contribution in [0.5, 0.6) is 0 Å². The monoisotopic (exact) mass is 498 g/mol. The molecular formula is C24H34N8O4. The van der Waals surface area contributed by atoms with Gasteiger partial charge in [-0.3, -0.25) is 14.7 Å². The zero-order valence-corrected chi connectivity index (χ0v) is 20.3. The van der Waals surface area contributed by atoms with Crippen LogP contribution in [0.3, 0.4) is 0 Å². The fraction of sp³-hybridized carbons (Fsp3) is 0.500. The average molecular weight is 499 g/mol. The minimum Gasteiger partial charge on any atom is -0.394 e. The van der Waals surface area contributed by atoms with E-state index in [1.165, 1.54) is 19.9 Å². The number of benzene rings is 1. The Labute approximate surface area is 209 Å². The van der Waals surface area contributed by atoms with Gasteiger partial charge in [-0.05, 0) is 43.1 Å². The number of hydrogen-bond donors (Lipinski definition) is 4. The molecule has 3 amide bonds. The van der Waals surface area contributed by atoms with Gasteiger partial charge < -0.3 is 31.3 Å². The summed E-state index contributed by atoms with van der Waals surface area (Å²) in [5.74, 6) is -0.185. The Morgan fingerprint density at radius 1 is 1.08 bits per heavy atom. The molecule has 36 heavy (non-hydrogen) atoms. The van der Waals surface area contributed by atoms with E-state index in [0.717, 1.165) is 32.5 Å². The number of aliphatic hydroxyl groups is 1. The summed E-state index contributed by atoms with van der Waals surface area (Å²) in [6.45, 7) is 3.77. The third kappa shape index (κ3) is 6.26. The van der Waals surface area contributed by atoms with E-state index in [1.807, 2.05) is 24.3 Å². The van der Waals surface area contributed by atoms with Crippen molar-refractivity contribution in [2.45, 2.75) is 24.9 Å². The zero-order valence-electron chi connectivity index (χ0n) is 20.3. The molecule has 2 saturated heterocycles. The Balaban J connectivity index is 1.30. The van der Waals surface area contributed by atoms with E-state index in [4.69, 9.17) is 16.6 Å². The van der Waals surface area contributed by atoms with Gasteiger partial charge >= 0.3 is 11.7 Å². The van der Waals surface area contributed by atoms with Gasteiger partial charge in [0.25, 0.3) is 0 Å². The highest BCUT2D eigenvalue weighted by molar-refractivity contribution is 5.88. The van der Waals surface area contributed by atoms with Crippen molar-refractivity contribution in [2.75, 3.05) is 57.7 Å². The van der Waals surface area contributed by atoms with Crippen molar-refractivity contribution < 1.29 is 14.7 Å². The van der Waals surface area contributed by atoms with Gasteiger partial charge in [0.2, 0.25) is 5.91 Å². The number of amides is 3. The summed E-state index contributed by atoms with van der Waals surface area (Å²) < 4.78 is 1.42. The minimum absolute atomic E-state index is 0.155. The second-order valence-electron chi connectivity index (χ2n) is 9.26. The van der Waals surface area contributed by atoms with Crippen LogP contribution in [-0.2, 0) is 11.2 Å². The number of piperazine rings is 1. The quantitative estimate of drug-likeness (QED) is 0.370. The normalized spacial score (nSPS) is 19.4. The molecule has 1 aromatic heterocycles. The highest BCUT2D eigenvalue weighted by Gasteiger charge is 2.27. The molecule has 2 aromatic rings. The van der Waals surface area contributed by atoms with Gasteiger partial charge in [0.1, 0.15) is 11.9 Å². The maximum absolute atomic E-state index is 12.6. The molecule has 194 valence electrons.